The molecule has 0 atom stereocenters. The Morgan fingerprint density at radius 2 is 1.80 bits per heavy atom. The van der Waals surface area contributed by atoms with Crippen LogP contribution in [0.15, 0.2) is 77.2 Å². The van der Waals surface area contributed by atoms with Crippen LogP contribution in [-0.4, -0.2) is 10.9 Å². The number of carbonyl (C=O) groups excluding carboxylic acids is 1. The SMILES string of the molecule is O=C(Nc1ccc2oc(-c3cccc(Cl)c3)nc2c1)c1ccccc1. The number of hydrogen-bond donors (Lipinski definition) is 1. The molecule has 0 saturated heterocycles. The minimum Gasteiger partial charge on any atom is -0.436 e. The van der Waals surface area contributed by atoms with Crippen molar-refractivity contribution in [1.29, 1.82) is 0 Å². The molecule has 0 radical (unpaired) electrons. The molecule has 0 fully saturated rings. The fourth-order valence-corrected chi connectivity index (χ4v) is 2.73. The first-order valence-corrected chi connectivity index (χ1v) is 8.10. The van der Waals surface area contributed by atoms with E-state index in [0.717, 1.165) is 5.56 Å². The molecule has 1 heterocycles. The molecule has 0 saturated carbocycles. The van der Waals surface area contributed by atoms with Crippen LogP contribution in [0, 0.1) is 0 Å². The quantitative estimate of drug-likeness (QED) is 0.539. The van der Waals surface area contributed by atoms with Gasteiger partial charge in [-0.15, -0.1) is 0 Å². The molecular formula is C20H13ClN2O2. The summed E-state index contributed by atoms with van der Waals surface area (Å²) >= 11 is 6.02. The van der Waals surface area contributed by atoms with Crippen molar-refractivity contribution >= 4 is 34.3 Å². The molecule has 4 nitrogen and oxygen atoms in total. The van der Waals surface area contributed by atoms with E-state index >= 15 is 0 Å². The number of rotatable bonds is 3. The number of aromatic nitrogens is 1. The number of amides is 1. The smallest absolute Gasteiger partial charge is 0.255 e. The minimum atomic E-state index is -0.168. The van der Waals surface area contributed by atoms with Crippen LogP contribution in [0.3, 0.4) is 0 Å². The molecule has 0 bridgehead atoms. The lowest BCUT2D eigenvalue weighted by Gasteiger charge is -2.04. The van der Waals surface area contributed by atoms with Crippen molar-refractivity contribution in [3.63, 3.8) is 0 Å². The van der Waals surface area contributed by atoms with Gasteiger partial charge in [-0.1, -0.05) is 35.9 Å². The van der Waals surface area contributed by atoms with Crippen LogP contribution >= 0.6 is 11.6 Å². The van der Waals surface area contributed by atoms with Gasteiger partial charge in [-0.25, -0.2) is 4.98 Å². The Morgan fingerprint density at radius 1 is 0.960 bits per heavy atom. The lowest BCUT2D eigenvalue weighted by Crippen LogP contribution is -2.11. The second-order valence-corrected chi connectivity index (χ2v) is 5.97. The van der Waals surface area contributed by atoms with Gasteiger partial charge in [-0.2, -0.15) is 0 Å². The van der Waals surface area contributed by atoms with Crippen molar-refractivity contribution in [3.8, 4) is 11.5 Å². The highest BCUT2D eigenvalue weighted by Crippen LogP contribution is 2.27. The largest absolute Gasteiger partial charge is 0.436 e. The summed E-state index contributed by atoms with van der Waals surface area (Å²) < 4.78 is 5.77. The number of hydrogen-bond acceptors (Lipinski definition) is 3. The van der Waals surface area contributed by atoms with Crippen molar-refractivity contribution in [2.45, 2.75) is 0 Å². The Bertz CT molecular complexity index is 1060. The Balaban J connectivity index is 1.63. The molecule has 0 aliphatic rings. The summed E-state index contributed by atoms with van der Waals surface area (Å²) in [6.07, 6.45) is 0. The van der Waals surface area contributed by atoms with Crippen molar-refractivity contribution < 1.29 is 9.21 Å². The van der Waals surface area contributed by atoms with E-state index < -0.39 is 0 Å². The molecular weight excluding hydrogens is 336 g/mol. The molecule has 5 heteroatoms. The average molecular weight is 349 g/mol. The molecule has 1 aromatic heterocycles. The Labute approximate surface area is 149 Å². The molecule has 4 aromatic rings. The standard InChI is InChI=1S/C20H13ClN2O2/c21-15-8-4-7-14(11-15)20-23-17-12-16(9-10-18(17)25-20)22-19(24)13-5-2-1-3-6-13/h1-12H,(H,22,24). The third-order valence-electron chi connectivity index (χ3n) is 3.75. The third-order valence-corrected chi connectivity index (χ3v) is 3.99. The molecule has 3 aromatic carbocycles. The van der Waals surface area contributed by atoms with Gasteiger partial charge in [-0.3, -0.25) is 4.79 Å². The summed E-state index contributed by atoms with van der Waals surface area (Å²) in [5.41, 5.74) is 3.38. The van der Waals surface area contributed by atoms with E-state index in [1.54, 1.807) is 42.5 Å². The lowest BCUT2D eigenvalue weighted by atomic mass is 10.2. The van der Waals surface area contributed by atoms with E-state index in [1.807, 2.05) is 30.3 Å². The highest BCUT2D eigenvalue weighted by molar-refractivity contribution is 6.30. The molecule has 4 rings (SSSR count). The maximum atomic E-state index is 12.2. The second kappa shape index (κ2) is 6.42. The lowest BCUT2D eigenvalue weighted by molar-refractivity contribution is 0.102. The van der Waals surface area contributed by atoms with Crippen molar-refractivity contribution in [2.75, 3.05) is 5.32 Å². The van der Waals surface area contributed by atoms with Gasteiger partial charge in [0.25, 0.3) is 5.91 Å². The van der Waals surface area contributed by atoms with Crippen molar-refractivity contribution in [2.24, 2.45) is 0 Å². The fraction of sp³-hybridized carbons (Fsp3) is 0. The number of oxazole rings is 1. The van der Waals surface area contributed by atoms with E-state index in [2.05, 4.69) is 10.3 Å². The van der Waals surface area contributed by atoms with Gasteiger partial charge in [0, 0.05) is 21.8 Å². The second-order valence-electron chi connectivity index (χ2n) is 5.53. The van der Waals surface area contributed by atoms with Crippen molar-refractivity contribution in [1.82, 2.24) is 4.98 Å². The summed E-state index contributed by atoms with van der Waals surface area (Å²) in [5, 5.41) is 3.49. The van der Waals surface area contributed by atoms with Crippen LogP contribution in [0.4, 0.5) is 5.69 Å². The normalized spacial score (nSPS) is 10.8. The predicted molar refractivity (Wildman–Crippen MR) is 98.9 cm³/mol. The van der Waals surface area contributed by atoms with E-state index in [9.17, 15) is 4.79 Å². The maximum absolute atomic E-state index is 12.2. The molecule has 0 aliphatic heterocycles. The Kier molecular flexibility index (Phi) is 3.96. The van der Waals surface area contributed by atoms with Crippen molar-refractivity contribution in [3.05, 3.63) is 83.4 Å². The molecule has 25 heavy (non-hydrogen) atoms. The van der Waals surface area contributed by atoms with Crippen LogP contribution in [0.1, 0.15) is 10.4 Å². The highest BCUT2D eigenvalue weighted by Gasteiger charge is 2.11. The van der Waals surface area contributed by atoms with Gasteiger partial charge >= 0.3 is 0 Å². The maximum Gasteiger partial charge on any atom is 0.255 e. The zero-order valence-corrected chi connectivity index (χ0v) is 13.8. The van der Waals surface area contributed by atoms with Crippen LogP contribution in [0.5, 0.6) is 0 Å². The zero-order chi connectivity index (χ0) is 17.2. The molecule has 0 aliphatic carbocycles. The minimum absolute atomic E-state index is 0.168. The van der Waals surface area contributed by atoms with E-state index in [-0.39, 0.29) is 5.91 Å². The zero-order valence-electron chi connectivity index (χ0n) is 13.1. The number of nitrogens with zero attached hydrogens (tertiary/aromatic N) is 1. The third kappa shape index (κ3) is 3.25. The van der Waals surface area contributed by atoms with Gasteiger partial charge in [0.2, 0.25) is 5.89 Å². The topological polar surface area (TPSA) is 55.1 Å². The Hall–Kier alpha value is -3.11. The number of carbonyl (C=O) groups is 1. The number of halogens is 1. The summed E-state index contributed by atoms with van der Waals surface area (Å²) in [6, 6.07) is 21.7. The van der Waals surface area contributed by atoms with E-state index in [0.29, 0.717) is 33.3 Å². The van der Waals surface area contributed by atoms with E-state index in [4.69, 9.17) is 16.0 Å². The number of nitrogens with one attached hydrogen (secondary N) is 1. The first kappa shape index (κ1) is 15.4. The van der Waals surface area contributed by atoms with Crippen LogP contribution in [0.2, 0.25) is 5.02 Å². The van der Waals surface area contributed by atoms with E-state index in [1.165, 1.54) is 0 Å². The number of benzene rings is 3. The Morgan fingerprint density at radius 3 is 2.60 bits per heavy atom. The van der Waals surface area contributed by atoms with Gasteiger partial charge in [0.15, 0.2) is 5.58 Å². The monoisotopic (exact) mass is 348 g/mol. The summed E-state index contributed by atoms with van der Waals surface area (Å²) in [5.74, 6) is 0.322. The number of fused-ring (bicyclic) bond motifs is 1. The fourth-order valence-electron chi connectivity index (χ4n) is 2.54. The first-order valence-electron chi connectivity index (χ1n) is 7.72. The molecule has 0 spiro atoms. The van der Waals surface area contributed by atoms with Crippen LogP contribution < -0.4 is 5.32 Å². The predicted octanol–water partition coefficient (Wildman–Crippen LogP) is 5.40. The number of anilines is 1. The van der Waals surface area contributed by atoms with Crippen LogP contribution in [-0.2, 0) is 0 Å². The molecule has 122 valence electrons. The molecule has 1 N–H and O–H groups in total. The van der Waals surface area contributed by atoms with Gasteiger partial charge in [-0.05, 0) is 48.5 Å². The summed E-state index contributed by atoms with van der Waals surface area (Å²) in [6.45, 7) is 0. The average Bonchev–Trinajstić information content (AvgIpc) is 3.06. The van der Waals surface area contributed by atoms with Gasteiger partial charge in [0.1, 0.15) is 5.52 Å². The van der Waals surface area contributed by atoms with Crippen LogP contribution in [0.25, 0.3) is 22.6 Å². The summed E-state index contributed by atoms with van der Waals surface area (Å²) in [4.78, 5) is 16.7. The first-order chi connectivity index (χ1) is 12.2. The summed E-state index contributed by atoms with van der Waals surface area (Å²) in [7, 11) is 0. The highest BCUT2D eigenvalue weighted by atomic mass is 35.5. The molecule has 0 unspecified atom stereocenters. The molecule has 1 amide bonds. The van der Waals surface area contributed by atoms with Gasteiger partial charge < -0.3 is 9.73 Å². The van der Waals surface area contributed by atoms with Gasteiger partial charge in [0.05, 0.1) is 0 Å².